The number of pyridine rings is 1. The fourth-order valence-corrected chi connectivity index (χ4v) is 3.29. The number of esters is 1. The maximum atomic E-state index is 14.9. The Labute approximate surface area is 193 Å². The third-order valence-electron chi connectivity index (χ3n) is 4.59. The summed E-state index contributed by atoms with van der Waals surface area (Å²) in [5, 5.41) is 2.96. The number of ether oxygens (including phenoxy) is 3. The molecule has 176 valence electrons. The Hall–Kier alpha value is -2.95. The predicted molar refractivity (Wildman–Crippen MR) is 114 cm³/mol. The van der Waals surface area contributed by atoms with Crippen molar-refractivity contribution in [3.05, 3.63) is 75.5 Å². The SMILES string of the molecule is CCOC(=O)C1=C(COCCOC)NC(c2ncc(F)cc2F)=NC1c1ccc(Cl)cc1F. The first-order chi connectivity index (χ1) is 15.8. The average Bonchev–Trinajstić information content (AvgIpc) is 2.76. The van der Waals surface area contributed by atoms with Gasteiger partial charge in [0.1, 0.15) is 23.4 Å². The minimum atomic E-state index is -1.23. The highest BCUT2D eigenvalue weighted by molar-refractivity contribution is 6.30. The molecule has 1 aliphatic heterocycles. The number of amidine groups is 1. The van der Waals surface area contributed by atoms with Crippen molar-refractivity contribution in [1.29, 1.82) is 0 Å². The van der Waals surface area contributed by atoms with Crippen LogP contribution in [0.15, 0.2) is 46.7 Å². The fourth-order valence-electron chi connectivity index (χ4n) is 3.13. The molecule has 2 heterocycles. The van der Waals surface area contributed by atoms with Crippen molar-refractivity contribution in [1.82, 2.24) is 10.3 Å². The van der Waals surface area contributed by atoms with Crippen molar-refractivity contribution in [2.24, 2.45) is 4.99 Å². The summed E-state index contributed by atoms with van der Waals surface area (Å²) >= 11 is 5.87. The number of nitrogens with one attached hydrogen (secondary N) is 1. The molecule has 33 heavy (non-hydrogen) atoms. The lowest BCUT2D eigenvalue weighted by atomic mass is 9.95. The Balaban J connectivity index is 2.14. The van der Waals surface area contributed by atoms with Gasteiger partial charge >= 0.3 is 5.97 Å². The van der Waals surface area contributed by atoms with Crippen LogP contribution in [-0.4, -0.2) is 50.3 Å². The summed E-state index contributed by atoms with van der Waals surface area (Å²) in [7, 11) is 1.50. The van der Waals surface area contributed by atoms with Gasteiger partial charge in [-0.2, -0.15) is 0 Å². The van der Waals surface area contributed by atoms with Crippen LogP contribution in [0.25, 0.3) is 0 Å². The molecule has 1 atom stereocenters. The topological polar surface area (TPSA) is 82.0 Å². The van der Waals surface area contributed by atoms with E-state index in [9.17, 15) is 18.0 Å². The first-order valence-electron chi connectivity index (χ1n) is 9.93. The van der Waals surface area contributed by atoms with Gasteiger partial charge in [-0.25, -0.2) is 22.9 Å². The molecule has 1 aromatic carbocycles. The lowest BCUT2D eigenvalue weighted by molar-refractivity contribution is -0.139. The Kier molecular flexibility index (Phi) is 8.43. The van der Waals surface area contributed by atoms with Crippen LogP contribution in [0.5, 0.6) is 0 Å². The molecule has 1 unspecified atom stereocenters. The molecule has 0 spiro atoms. The third-order valence-corrected chi connectivity index (χ3v) is 4.82. The number of methoxy groups -OCH3 is 1. The summed E-state index contributed by atoms with van der Waals surface area (Å²) in [5.41, 5.74) is -0.173. The molecule has 1 aromatic heterocycles. The Morgan fingerprint density at radius 2 is 1.97 bits per heavy atom. The number of carbonyl (C=O) groups is 1. The molecule has 2 aromatic rings. The number of benzene rings is 1. The van der Waals surface area contributed by atoms with Gasteiger partial charge in [0.2, 0.25) is 0 Å². The van der Waals surface area contributed by atoms with Gasteiger partial charge in [-0.05, 0) is 19.1 Å². The van der Waals surface area contributed by atoms with Gasteiger partial charge in [0.05, 0.1) is 43.9 Å². The van der Waals surface area contributed by atoms with E-state index in [0.29, 0.717) is 6.07 Å². The van der Waals surface area contributed by atoms with E-state index >= 15 is 0 Å². The van der Waals surface area contributed by atoms with Gasteiger partial charge in [0.25, 0.3) is 0 Å². The highest BCUT2D eigenvalue weighted by atomic mass is 35.5. The number of rotatable bonds is 9. The molecule has 3 rings (SSSR count). The van der Waals surface area contributed by atoms with Crippen LogP contribution < -0.4 is 5.32 Å². The van der Waals surface area contributed by atoms with Crippen LogP contribution in [-0.2, 0) is 19.0 Å². The predicted octanol–water partition coefficient (Wildman–Crippen LogP) is 3.72. The van der Waals surface area contributed by atoms with E-state index in [1.807, 2.05) is 0 Å². The number of hydrogen-bond acceptors (Lipinski definition) is 7. The van der Waals surface area contributed by atoms with E-state index < -0.39 is 29.5 Å². The van der Waals surface area contributed by atoms with E-state index in [-0.39, 0.29) is 59.8 Å². The zero-order chi connectivity index (χ0) is 24.0. The normalized spacial score (nSPS) is 15.8. The largest absolute Gasteiger partial charge is 0.463 e. The van der Waals surface area contributed by atoms with Crippen LogP contribution in [0, 0.1) is 17.5 Å². The molecule has 1 N–H and O–H groups in total. The molecule has 0 amide bonds. The summed E-state index contributed by atoms with van der Waals surface area (Å²) in [6.07, 6.45) is 0.819. The number of aliphatic imine (C=N–C) groups is 1. The zero-order valence-corrected chi connectivity index (χ0v) is 18.6. The summed E-state index contributed by atoms with van der Waals surface area (Å²) in [5.74, 6) is -3.49. The van der Waals surface area contributed by atoms with Crippen LogP contribution in [0.2, 0.25) is 5.02 Å². The molecule has 0 fully saturated rings. The van der Waals surface area contributed by atoms with Crippen molar-refractivity contribution in [2.45, 2.75) is 13.0 Å². The zero-order valence-electron chi connectivity index (χ0n) is 17.8. The van der Waals surface area contributed by atoms with Gasteiger partial charge in [-0.15, -0.1) is 0 Å². The first kappa shape index (κ1) is 24.7. The minimum Gasteiger partial charge on any atom is -0.463 e. The molecule has 0 bridgehead atoms. The van der Waals surface area contributed by atoms with Gasteiger partial charge in [-0.1, -0.05) is 17.7 Å². The molecule has 7 nitrogen and oxygen atoms in total. The van der Waals surface area contributed by atoms with Crippen LogP contribution >= 0.6 is 11.6 Å². The van der Waals surface area contributed by atoms with Crippen LogP contribution in [0.4, 0.5) is 13.2 Å². The van der Waals surface area contributed by atoms with Crippen molar-refractivity contribution >= 4 is 23.4 Å². The molecule has 1 aliphatic rings. The van der Waals surface area contributed by atoms with E-state index in [4.69, 9.17) is 25.8 Å². The lowest BCUT2D eigenvalue weighted by Gasteiger charge is -2.27. The first-order valence-corrected chi connectivity index (χ1v) is 10.3. The Bertz CT molecular complexity index is 1090. The number of carbonyl (C=O) groups excluding carboxylic acids is 1. The van der Waals surface area contributed by atoms with Gasteiger partial charge < -0.3 is 19.5 Å². The maximum absolute atomic E-state index is 14.9. The highest BCUT2D eigenvalue weighted by Gasteiger charge is 2.34. The van der Waals surface area contributed by atoms with E-state index in [1.54, 1.807) is 6.92 Å². The minimum absolute atomic E-state index is 0.00151. The quantitative estimate of drug-likeness (QED) is 0.432. The lowest BCUT2D eigenvalue weighted by Crippen LogP contribution is -2.37. The van der Waals surface area contributed by atoms with E-state index in [0.717, 1.165) is 12.3 Å². The fraction of sp³-hybridized carbons (Fsp3) is 0.318. The number of halogens is 4. The van der Waals surface area contributed by atoms with Crippen molar-refractivity contribution in [3.63, 3.8) is 0 Å². The third kappa shape index (κ3) is 5.89. The molecular formula is C22H21ClF3N3O4. The van der Waals surface area contributed by atoms with Crippen molar-refractivity contribution < 1.29 is 32.2 Å². The second-order valence-corrected chi connectivity index (χ2v) is 7.25. The molecule has 0 radical (unpaired) electrons. The van der Waals surface area contributed by atoms with Gasteiger partial charge in [0.15, 0.2) is 11.7 Å². The van der Waals surface area contributed by atoms with Crippen molar-refractivity contribution in [3.8, 4) is 0 Å². The van der Waals surface area contributed by atoms with Crippen LogP contribution in [0.1, 0.15) is 24.2 Å². The van der Waals surface area contributed by atoms with Gasteiger partial charge in [0, 0.05) is 23.8 Å². The average molecular weight is 484 g/mol. The molecule has 0 saturated heterocycles. The van der Waals surface area contributed by atoms with Gasteiger partial charge in [-0.3, -0.25) is 4.99 Å². The summed E-state index contributed by atoms with van der Waals surface area (Å²) in [6, 6.07) is 3.29. The van der Waals surface area contributed by atoms with E-state index in [2.05, 4.69) is 15.3 Å². The second-order valence-electron chi connectivity index (χ2n) is 6.81. The Morgan fingerprint density at radius 1 is 1.18 bits per heavy atom. The smallest absolute Gasteiger partial charge is 0.338 e. The molecular weight excluding hydrogens is 463 g/mol. The number of aromatic nitrogens is 1. The number of nitrogens with zero attached hydrogens (tertiary/aromatic N) is 2. The molecule has 0 saturated carbocycles. The summed E-state index contributed by atoms with van der Waals surface area (Å²) in [4.78, 5) is 21.0. The van der Waals surface area contributed by atoms with E-state index in [1.165, 1.54) is 19.2 Å². The second kappa shape index (κ2) is 11.3. The molecule has 0 aliphatic carbocycles. The Morgan fingerprint density at radius 3 is 2.64 bits per heavy atom. The number of hydrogen-bond donors (Lipinski definition) is 1. The highest BCUT2D eigenvalue weighted by Crippen LogP contribution is 2.35. The monoisotopic (exact) mass is 483 g/mol. The van der Waals surface area contributed by atoms with Crippen molar-refractivity contribution in [2.75, 3.05) is 33.5 Å². The van der Waals surface area contributed by atoms with Crippen LogP contribution in [0.3, 0.4) is 0 Å². The molecule has 11 heteroatoms. The maximum Gasteiger partial charge on any atom is 0.338 e. The summed E-state index contributed by atoms with van der Waals surface area (Å²) in [6.45, 7) is 2.00. The summed E-state index contributed by atoms with van der Waals surface area (Å²) < 4.78 is 58.4. The standard InChI is InChI=1S/C22H21ClF3N3O4/c1-3-33-22(30)18-17(11-32-7-6-31-2)28-21(20-16(26)9-13(24)10-27-20)29-19(18)14-5-4-12(23)8-15(14)25/h4-5,8-10,19H,3,6-7,11H2,1-2H3,(H,28,29).